The lowest BCUT2D eigenvalue weighted by Crippen LogP contribution is -2.28. The number of aliphatic carboxylic acids is 1. The molecule has 1 aliphatic carbocycles. The SMILES string of the molecule is CC12CCCC(C=CC(=O)O)=C1N(Cc1ccc(F)cc1)C(=O)C2. The van der Waals surface area contributed by atoms with Crippen LogP contribution in [0.5, 0.6) is 0 Å². The van der Waals surface area contributed by atoms with Gasteiger partial charge in [0.1, 0.15) is 5.82 Å². The molecule has 1 fully saturated rings. The maximum absolute atomic E-state index is 13.1. The third-order valence-corrected chi connectivity index (χ3v) is 4.84. The van der Waals surface area contributed by atoms with Gasteiger partial charge in [-0.25, -0.2) is 9.18 Å². The molecule has 1 amide bonds. The highest BCUT2D eigenvalue weighted by Crippen LogP contribution is 2.50. The van der Waals surface area contributed by atoms with Gasteiger partial charge in [0.2, 0.25) is 5.91 Å². The summed E-state index contributed by atoms with van der Waals surface area (Å²) in [7, 11) is 0. The second-order valence-corrected chi connectivity index (χ2v) is 6.74. The summed E-state index contributed by atoms with van der Waals surface area (Å²) in [6.45, 7) is 2.45. The van der Waals surface area contributed by atoms with Gasteiger partial charge in [-0.05, 0) is 42.5 Å². The number of carbonyl (C=O) groups is 2. The lowest BCUT2D eigenvalue weighted by molar-refractivity contribution is -0.131. The van der Waals surface area contributed by atoms with Crippen LogP contribution in [0, 0.1) is 11.2 Å². The first-order valence-corrected chi connectivity index (χ1v) is 8.08. The summed E-state index contributed by atoms with van der Waals surface area (Å²) in [5, 5.41) is 8.90. The molecule has 1 atom stereocenters. The van der Waals surface area contributed by atoms with E-state index in [-0.39, 0.29) is 17.1 Å². The Morgan fingerprint density at radius 3 is 2.75 bits per heavy atom. The fourth-order valence-corrected chi connectivity index (χ4v) is 3.79. The molecule has 1 aromatic rings. The number of carbonyl (C=O) groups excluding carboxylic acids is 1. The predicted molar refractivity (Wildman–Crippen MR) is 87.3 cm³/mol. The first-order valence-electron chi connectivity index (χ1n) is 8.08. The molecule has 1 aromatic carbocycles. The summed E-state index contributed by atoms with van der Waals surface area (Å²) >= 11 is 0. The number of allylic oxidation sites excluding steroid dienone is 3. The smallest absolute Gasteiger partial charge is 0.328 e. The molecule has 2 aliphatic rings. The van der Waals surface area contributed by atoms with Gasteiger partial charge in [-0.3, -0.25) is 4.79 Å². The van der Waals surface area contributed by atoms with Crippen molar-refractivity contribution in [3.05, 3.63) is 59.1 Å². The van der Waals surface area contributed by atoms with Crippen molar-refractivity contribution in [1.82, 2.24) is 4.90 Å². The molecule has 0 spiro atoms. The second kappa shape index (κ2) is 6.23. The number of amides is 1. The number of halogens is 1. The van der Waals surface area contributed by atoms with Crippen molar-refractivity contribution in [3.8, 4) is 0 Å². The van der Waals surface area contributed by atoms with E-state index in [0.717, 1.165) is 42.2 Å². The standard InChI is InChI=1S/C19H20FNO3/c1-19-10-2-3-14(6-9-17(23)24)18(19)21(16(22)11-19)12-13-4-7-15(20)8-5-13/h4-9H,2-3,10-12H2,1H3,(H,23,24). The Morgan fingerprint density at radius 1 is 1.38 bits per heavy atom. The minimum atomic E-state index is -0.996. The molecule has 1 unspecified atom stereocenters. The third kappa shape index (κ3) is 3.11. The monoisotopic (exact) mass is 329 g/mol. The average Bonchev–Trinajstić information content (AvgIpc) is 2.78. The largest absolute Gasteiger partial charge is 0.478 e. The van der Waals surface area contributed by atoms with Crippen molar-refractivity contribution < 1.29 is 19.1 Å². The van der Waals surface area contributed by atoms with Crippen LogP contribution in [0.25, 0.3) is 0 Å². The van der Waals surface area contributed by atoms with Crippen molar-refractivity contribution in [3.63, 3.8) is 0 Å². The number of likely N-dealkylation sites (tertiary alicyclic amines) is 1. The Morgan fingerprint density at radius 2 is 2.08 bits per heavy atom. The molecule has 1 aliphatic heterocycles. The molecule has 126 valence electrons. The van der Waals surface area contributed by atoms with Gasteiger partial charge in [-0.1, -0.05) is 25.1 Å². The molecule has 1 N–H and O–H groups in total. The maximum atomic E-state index is 13.1. The Balaban J connectivity index is 1.98. The molecular weight excluding hydrogens is 309 g/mol. The number of carboxylic acids is 1. The number of hydrogen-bond donors (Lipinski definition) is 1. The first-order chi connectivity index (χ1) is 11.4. The summed E-state index contributed by atoms with van der Waals surface area (Å²) in [5.41, 5.74) is 2.46. The van der Waals surface area contributed by atoms with Crippen LogP contribution in [0.2, 0.25) is 0 Å². The minimum Gasteiger partial charge on any atom is -0.478 e. The molecule has 0 radical (unpaired) electrons. The molecule has 1 saturated heterocycles. The first kappa shape index (κ1) is 16.4. The topological polar surface area (TPSA) is 57.6 Å². The summed E-state index contributed by atoms with van der Waals surface area (Å²) < 4.78 is 13.1. The van der Waals surface area contributed by atoms with E-state index in [2.05, 4.69) is 6.92 Å². The van der Waals surface area contributed by atoms with E-state index in [0.29, 0.717) is 13.0 Å². The van der Waals surface area contributed by atoms with Gasteiger partial charge < -0.3 is 10.0 Å². The molecule has 24 heavy (non-hydrogen) atoms. The molecule has 4 nitrogen and oxygen atoms in total. The zero-order valence-electron chi connectivity index (χ0n) is 13.6. The van der Waals surface area contributed by atoms with Gasteiger partial charge in [-0.2, -0.15) is 0 Å². The van der Waals surface area contributed by atoms with Crippen molar-refractivity contribution in [2.75, 3.05) is 0 Å². The van der Waals surface area contributed by atoms with Gasteiger partial charge in [0.15, 0.2) is 0 Å². The zero-order valence-corrected chi connectivity index (χ0v) is 13.6. The summed E-state index contributed by atoms with van der Waals surface area (Å²) in [6, 6.07) is 6.12. The van der Waals surface area contributed by atoms with Crippen molar-refractivity contribution >= 4 is 11.9 Å². The Kier molecular flexibility index (Phi) is 4.26. The highest BCUT2D eigenvalue weighted by Gasteiger charge is 2.46. The lowest BCUT2D eigenvalue weighted by atomic mass is 9.74. The van der Waals surface area contributed by atoms with Crippen LogP contribution in [-0.4, -0.2) is 21.9 Å². The fourth-order valence-electron chi connectivity index (χ4n) is 3.79. The summed E-state index contributed by atoms with van der Waals surface area (Å²) in [6.07, 6.45) is 5.81. The molecule has 1 heterocycles. The highest BCUT2D eigenvalue weighted by atomic mass is 19.1. The van der Waals surface area contributed by atoms with E-state index in [9.17, 15) is 14.0 Å². The van der Waals surface area contributed by atoms with E-state index in [1.54, 1.807) is 23.1 Å². The van der Waals surface area contributed by atoms with Crippen molar-refractivity contribution in [2.24, 2.45) is 5.41 Å². The summed E-state index contributed by atoms with van der Waals surface area (Å²) in [4.78, 5) is 25.2. The summed E-state index contributed by atoms with van der Waals surface area (Å²) in [5.74, 6) is -1.26. The van der Waals surface area contributed by atoms with E-state index >= 15 is 0 Å². The highest BCUT2D eigenvalue weighted by molar-refractivity contribution is 5.84. The van der Waals surface area contributed by atoms with E-state index in [4.69, 9.17) is 5.11 Å². The van der Waals surface area contributed by atoms with Crippen LogP contribution in [0.15, 0.2) is 47.7 Å². The molecule has 3 rings (SSSR count). The zero-order chi connectivity index (χ0) is 17.3. The predicted octanol–water partition coefficient (Wildman–Crippen LogP) is 3.64. The van der Waals surface area contributed by atoms with Gasteiger partial charge in [0.25, 0.3) is 0 Å². The van der Waals surface area contributed by atoms with Gasteiger partial charge >= 0.3 is 5.97 Å². The van der Waals surface area contributed by atoms with Crippen LogP contribution in [0.1, 0.15) is 38.2 Å². The number of rotatable bonds is 4. The number of fused-ring (bicyclic) bond motifs is 1. The van der Waals surface area contributed by atoms with E-state index < -0.39 is 5.97 Å². The second-order valence-electron chi connectivity index (χ2n) is 6.74. The quantitative estimate of drug-likeness (QED) is 0.858. The molecule has 0 saturated carbocycles. The number of hydrogen-bond acceptors (Lipinski definition) is 2. The van der Waals surface area contributed by atoms with Gasteiger partial charge in [0, 0.05) is 23.6 Å². The van der Waals surface area contributed by atoms with Crippen molar-refractivity contribution in [1.29, 1.82) is 0 Å². The average molecular weight is 329 g/mol. The molecular formula is C19H20FNO3. The van der Waals surface area contributed by atoms with Crippen LogP contribution in [0.4, 0.5) is 4.39 Å². The van der Waals surface area contributed by atoms with Gasteiger partial charge in [-0.15, -0.1) is 0 Å². The van der Waals surface area contributed by atoms with E-state index in [1.165, 1.54) is 12.1 Å². The van der Waals surface area contributed by atoms with Crippen LogP contribution < -0.4 is 0 Å². The van der Waals surface area contributed by atoms with Crippen LogP contribution >= 0.6 is 0 Å². The van der Waals surface area contributed by atoms with E-state index in [1.807, 2.05) is 0 Å². The molecule has 5 heteroatoms. The Hall–Kier alpha value is -2.43. The molecule has 0 bridgehead atoms. The number of carboxylic acid groups (broad SMARTS) is 1. The Labute approximate surface area is 140 Å². The number of benzene rings is 1. The minimum absolute atomic E-state index is 0.0416. The van der Waals surface area contributed by atoms with Crippen LogP contribution in [-0.2, 0) is 16.1 Å². The third-order valence-electron chi connectivity index (χ3n) is 4.84. The lowest BCUT2D eigenvalue weighted by Gasteiger charge is -2.34. The molecule has 0 aromatic heterocycles. The van der Waals surface area contributed by atoms with Gasteiger partial charge in [0.05, 0.1) is 6.54 Å². The fraction of sp³-hybridized carbons (Fsp3) is 0.368. The number of nitrogens with zero attached hydrogens (tertiary/aromatic N) is 1. The van der Waals surface area contributed by atoms with Crippen molar-refractivity contribution in [2.45, 2.75) is 39.2 Å². The maximum Gasteiger partial charge on any atom is 0.328 e. The van der Waals surface area contributed by atoms with Crippen LogP contribution in [0.3, 0.4) is 0 Å². The normalized spacial score (nSPS) is 23.9. The Bertz CT molecular complexity index is 735.